The van der Waals surface area contributed by atoms with E-state index in [-0.39, 0.29) is 11.6 Å². The molecule has 0 bridgehead atoms. The Morgan fingerprint density at radius 1 is 1.41 bits per heavy atom. The summed E-state index contributed by atoms with van der Waals surface area (Å²) in [6.45, 7) is 3.69. The van der Waals surface area contributed by atoms with Crippen LogP contribution in [-0.4, -0.2) is 33.5 Å². The number of carboxylic acid groups (broad SMARTS) is 1. The Kier molecular flexibility index (Phi) is 4.56. The van der Waals surface area contributed by atoms with Crippen LogP contribution < -0.4 is 5.32 Å². The third-order valence-electron chi connectivity index (χ3n) is 2.30. The molecule has 92 valence electrons. The van der Waals surface area contributed by atoms with Crippen molar-refractivity contribution in [2.24, 2.45) is 5.92 Å². The number of rotatable bonds is 5. The fourth-order valence-electron chi connectivity index (χ4n) is 1.13. The molecule has 1 aromatic heterocycles. The number of carbonyl (C=O) groups excluding carboxylic acids is 1. The molecule has 0 aromatic carbocycles. The topological polar surface area (TPSA) is 92.2 Å². The van der Waals surface area contributed by atoms with Crippen LogP contribution in [-0.2, 0) is 4.79 Å². The zero-order valence-electron chi connectivity index (χ0n) is 9.80. The lowest BCUT2D eigenvalue weighted by atomic mass is 10.1. The molecule has 1 heterocycles. The van der Waals surface area contributed by atoms with Gasteiger partial charge in [0, 0.05) is 12.7 Å². The minimum atomic E-state index is -0.866. The van der Waals surface area contributed by atoms with Crippen LogP contribution in [0.5, 0.6) is 0 Å². The molecule has 1 atom stereocenters. The normalized spacial score (nSPS) is 11.9. The number of nitrogens with one attached hydrogen (secondary N) is 1. The van der Waals surface area contributed by atoms with Crippen LogP contribution in [0.15, 0.2) is 12.4 Å². The van der Waals surface area contributed by atoms with E-state index in [0.29, 0.717) is 13.0 Å². The van der Waals surface area contributed by atoms with Crippen molar-refractivity contribution in [3.63, 3.8) is 0 Å². The number of aliphatic carboxylic acids is 1. The van der Waals surface area contributed by atoms with Crippen LogP contribution in [0, 0.1) is 12.8 Å². The molecule has 1 rings (SSSR count). The van der Waals surface area contributed by atoms with E-state index < -0.39 is 11.9 Å². The Morgan fingerprint density at radius 2 is 2.12 bits per heavy atom. The minimum Gasteiger partial charge on any atom is -0.481 e. The number of carbonyl (C=O) groups is 2. The first-order valence-corrected chi connectivity index (χ1v) is 5.30. The van der Waals surface area contributed by atoms with Crippen LogP contribution in [0.3, 0.4) is 0 Å². The summed E-state index contributed by atoms with van der Waals surface area (Å²) in [7, 11) is 0. The average molecular weight is 237 g/mol. The number of amides is 1. The maximum absolute atomic E-state index is 11.5. The number of hydrogen-bond acceptors (Lipinski definition) is 4. The summed E-state index contributed by atoms with van der Waals surface area (Å²) in [5, 5.41) is 11.3. The van der Waals surface area contributed by atoms with Gasteiger partial charge in [0.25, 0.3) is 5.91 Å². The molecule has 0 aliphatic rings. The predicted molar refractivity (Wildman–Crippen MR) is 60.5 cm³/mol. The molecule has 1 amide bonds. The van der Waals surface area contributed by atoms with Gasteiger partial charge in [-0.2, -0.15) is 0 Å². The highest BCUT2D eigenvalue weighted by Crippen LogP contribution is 2.00. The minimum absolute atomic E-state index is 0.235. The van der Waals surface area contributed by atoms with Crippen LogP contribution in [0.1, 0.15) is 29.5 Å². The van der Waals surface area contributed by atoms with Crippen LogP contribution in [0.4, 0.5) is 0 Å². The van der Waals surface area contributed by atoms with E-state index >= 15 is 0 Å². The number of carboxylic acids is 1. The quantitative estimate of drug-likeness (QED) is 0.783. The highest BCUT2D eigenvalue weighted by Gasteiger charge is 2.12. The molecule has 0 saturated heterocycles. The van der Waals surface area contributed by atoms with E-state index in [4.69, 9.17) is 5.11 Å². The molecule has 0 radical (unpaired) electrons. The Morgan fingerprint density at radius 3 is 2.65 bits per heavy atom. The van der Waals surface area contributed by atoms with E-state index in [1.165, 1.54) is 12.4 Å². The smallest absolute Gasteiger partial charge is 0.306 e. The zero-order valence-corrected chi connectivity index (χ0v) is 9.80. The summed E-state index contributed by atoms with van der Waals surface area (Å²) in [6, 6.07) is 0. The van der Waals surface area contributed by atoms with E-state index in [1.54, 1.807) is 13.8 Å². The molecular formula is C11H15N3O3. The van der Waals surface area contributed by atoms with Crippen molar-refractivity contribution < 1.29 is 14.7 Å². The highest BCUT2D eigenvalue weighted by atomic mass is 16.4. The molecular weight excluding hydrogens is 222 g/mol. The summed E-state index contributed by atoms with van der Waals surface area (Å²) < 4.78 is 0. The van der Waals surface area contributed by atoms with Crippen molar-refractivity contribution in [3.8, 4) is 0 Å². The van der Waals surface area contributed by atoms with Gasteiger partial charge < -0.3 is 10.4 Å². The average Bonchev–Trinajstić information content (AvgIpc) is 2.29. The molecule has 0 saturated carbocycles. The van der Waals surface area contributed by atoms with E-state index in [9.17, 15) is 9.59 Å². The van der Waals surface area contributed by atoms with Crippen molar-refractivity contribution >= 4 is 11.9 Å². The SMILES string of the molecule is Cc1cnc(C(=O)NCCC(C)C(=O)O)cn1. The molecule has 2 N–H and O–H groups in total. The second kappa shape index (κ2) is 5.93. The Bertz CT molecular complexity index is 403. The molecule has 0 fully saturated rings. The lowest BCUT2D eigenvalue weighted by Crippen LogP contribution is -2.27. The molecule has 6 heteroatoms. The van der Waals surface area contributed by atoms with Crippen LogP contribution in [0.2, 0.25) is 0 Å². The van der Waals surface area contributed by atoms with Gasteiger partial charge in [0.2, 0.25) is 0 Å². The number of aryl methyl sites for hydroxylation is 1. The van der Waals surface area contributed by atoms with Gasteiger partial charge in [-0.15, -0.1) is 0 Å². The van der Waals surface area contributed by atoms with Gasteiger partial charge in [0.1, 0.15) is 5.69 Å². The summed E-state index contributed by atoms with van der Waals surface area (Å²) in [5.41, 5.74) is 0.972. The van der Waals surface area contributed by atoms with Gasteiger partial charge in [0.05, 0.1) is 17.8 Å². The fraction of sp³-hybridized carbons (Fsp3) is 0.455. The number of aromatic nitrogens is 2. The molecule has 1 aromatic rings. The first kappa shape index (κ1) is 13.1. The summed E-state index contributed by atoms with van der Waals surface area (Å²) in [4.78, 5) is 30.0. The Labute approximate surface area is 99.1 Å². The van der Waals surface area contributed by atoms with Crippen LogP contribution >= 0.6 is 0 Å². The molecule has 0 aliphatic heterocycles. The fourth-order valence-corrected chi connectivity index (χ4v) is 1.13. The van der Waals surface area contributed by atoms with Gasteiger partial charge in [0.15, 0.2) is 0 Å². The van der Waals surface area contributed by atoms with Crippen molar-refractivity contribution in [1.82, 2.24) is 15.3 Å². The van der Waals surface area contributed by atoms with Gasteiger partial charge in [-0.25, -0.2) is 4.98 Å². The van der Waals surface area contributed by atoms with E-state index in [0.717, 1.165) is 5.69 Å². The first-order chi connectivity index (χ1) is 8.00. The maximum Gasteiger partial charge on any atom is 0.306 e. The molecule has 1 unspecified atom stereocenters. The number of nitrogens with zero attached hydrogens (tertiary/aromatic N) is 2. The third-order valence-corrected chi connectivity index (χ3v) is 2.30. The number of hydrogen-bond donors (Lipinski definition) is 2. The lowest BCUT2D eigenvalue weighted by molar-refractivity contribution is -0.141. The monoisotopic (exact) mass is 237 g/mol. The molecule has 0 aliphatic carbocycles. The summed E-state index contributed by atoms with van der Waals surface area (Å²) >= 11 is 0. The lowest BCUT2D eigenvalue weighted by Gasteiger charge is -2.07. The van der Waals surface area contributed by atoms with Crippen molar-refractivity contribution in [1.29, 1.82) is 0 Å². The highest BCUT2D eigenvalue weighted by molar-refractivity contribution is 5.91. The molecule has 0 spiro atoms. The second-order valence-corrected chi connectivity index (χ2v) is 3.83. The second-order valence-electron chi connectivity index (χ2n) is 3.83. The maximum atomic E-state index is 11.5. The Hall–Kier alpha value is -1.98. The molecule has 17 heavy (non-hydrogen) atoms. The standard InChI is InChI=1S/C11H15N3O3/c1-7(11(16)17)3-4-12-10(15)9-6-13-8(2)5-14-9/h5-7H,3-4H2,1-2H3,(H,12,15)(H,16,17). The summed E-state index contributed by atoms with van der Waals surface area (Å²) in [5.74, 6) is -1.68. The van der Waals surface area contributed by atoms with Gasteiger partial charge in [-0.1, -0.05) is 6.92 Å². The van der Waals surface area contributed by atoms with Crippen molar-refractivity contribution in [2.75, 3.05) is 6.54 Å². The third kappa shape index (κ3) is 4.18. The Balaban J connectivity index is 2.40. The zero-order chi connectivity index (χ0) is 12.8. The van der Waals surface area contributed by atoms with Gasteiger partial charge >= 0.3 is 5.97 Å². The van der Waals surface area contributed by atoms with Crippen molar-refractivity contribution in [2.45, 2.75) is 20.3 Å². The van der Waals surface area contributed by atoms with Crippen LogP contribution in [0.25, 0.3) is 0 Å². The van der Waals surface area contributed by atoms with Gasteiger partial charge in [-0.3, -0.25) is 14.6 Å². The molecule has 6 nitrogen and oxygen atoms in total. The summed E-state index contributed by atoms with van der Waals surface area (Å²) in [6.07, 6.45) is 3.29. The van der Waals surface area contributed by atoms with E-state index in [1.807, 2.05) is 0 Å². The van der Waals surface area contributed by atoms with Crippen molar-refractivity contribution in [3.05, 3.63) is 23.8 Å². The predicted octanol–water partition coefficient (Wildman–Crippen LogP) is 0.626. The van der Waals surface area contributed by atoms with E-state index in [2.05, 4.69) is 15.3 Å². The largest absolute Gasteiger partial charge is 0.481 e. The van der Waals surface area contributed by atoms with Gasteiger partial charge in [-0.05, 0) is 13.3 Å². The first-order valence-electron chi connectivity index (χ1n) is 5.30.